The summed E-state index contributed by atoms with van der Waals surface area (Å²) in [5, 5.41) is 0. The zero-order valence-electron chi connectivity index (χ0n) is 16.2. The van der Waals surface area contributed by atoms with Gasteiger partial charge in [-0.25, -0.2) is 8.88 Å². The molecule has 0 spiro atoms. The van der Waals surface area contributed by atoms with Crippen LogP contribution in [0.1, 0.15) is 79.1 Å². The SMILES string of the molecule is CCCCOP(=O)(OCCCC)OP(=S)(OCCCC)OCCCC. The van der Waals surface area contributed by atoms with Crippen LogP contribution >= 0.6 is 14.5 Å². The van der Waals surface area contributed by atoms with Gasteiger partial charge in [-0.05, 0) is 37.5 Å². The molecule has 9 heteroatoms. The maximum Gasteiger partial charge on any atom is 0.482 e. The molecular formula is C16H36O6P2S. The van der Waals surface area contributed by atoms with Crippen LogP contribution < -0.4 is 0 Å². The van der Waals surface area contributed by atoms with E-state index in [0.717, 1.165) is 51.4 Å². The van der Waals surface area contributed by atoms with Crippen LogP contribution in [0.2, 0.25) is 0 Å². The van der Waals surface area contributed by atoms with Crippen molar-refractivity contribution >= 4 is 26.3 Å². The summed E-state index contributed by atoms with van der Waals surface area (Å²) in [6.45, 7) is 6.38. The summed E-state index contributed by atoms with van der Waals surface area (Å²) in [7, 11) is -3.80. The molecule has 0 saturated heterocycles. The van der Waals surface area contributed by atoms with Crippen molar-refractivity contribution < 1.29 is 27.0 Å². The van der Waals surface area contributed by atoms with E-state index in [-0.39, 0.29) is 0 Å². The molecule has 0 aromatic heterocycles. The zero-order chi connectivity index (χ0) is 19.0. The highest BCUT2D eigenvalue weighted by atomic mass is 32.5. The Morgan fingerprint density at radius 3 is 1.28 bits per heavy atom. The highest BCUT2D eigenvalue weighted by molar-refractivity contribution is 8.09. The van der Waals surface area contributed by atoms with Gasteiger partial charge in [0.15, 0.2) is 0 Å². The second-order valence-electron chi connectivity index (χ2n) is 5.72. The fraction of sp³-hybridized carbons (Fsp3) is 1.00. The molecule has 25 heavy (non-hydrogen) atoms. The van der Waals surface area contributed by atoms with E-state index in [9.17, 15) is 4.57 Å². The van der Waals surface area contributed by atoms with Gasteiger partial charge in [-0.15, -0.1) is 0 Å². The summed E-state index contributed by atoms with van der Waals surface area (Å²) in [4.78, 5) is 0. The van der Waals surface area contributed by atoms with Crippen molar-refractivity contribution in [3.05, 3.63) is 0 Å². The first-order chi connectivity index (χ1) is 11.9. The van der Waals surface area contributed by atoms with Crippen molar-refractivity contribution in [2.45, 2.75) is 79.1 Å². The third-order valence-corrected chi connectivity index (χ3v) is 8.02. The Labute approximate surface area is 159 Å². The lowest BCUT2D eigenvalue weighted by molar-refractivity contribution is 0.128. The Kier molecular flexibility index (Phi) is 16.1. The van der Waals surface area contributed by atoms with Crippen LogP contribution in [-0.4, -0.2) is 26.4 Å². The Bertz CT molecular complexity index is 344. The van der Waals surface area contributed by atoms with E-state index in [2.05, 4.69) is 13.8 Å². The Hall–Kier alpha value is 0.680. The Morgan fingerprint density at radius 1 is 0.640 bits per heavy atom. The quantitative estimate of drug-likeness (QED) is 0.183. The first-order valence-corrected chi connectivity index (χ1v) is 13.5. The minimum absolute atomic E-state index is 0.291. The molecule has 0 N–H and O–H groups in total. The largest absolute Gasteiger partial charge is 0.482 e. The molecule has 0 heterocycles. The standard InChI is InChI=1S/C16H36O6P2S/c1-5-9-13-18-23(17,19-14-10-6-2)22-24(25,20-15-11-7-3)21-16-12-8-4/h5-16H2,1-4H3. The van der Waals surface area contributed by atoms with Crippen LogP contribution in [0.15, 0.2) is 0 Å². The smallest absolute Gasteiger partial charge is 0.308 e. The molecule has 0 amide bonds. The van der Waals surface area contributed by atoms with Crippen LogP contribution in [0.4, 0.5) is 0 Å². The van der Waals surface area contributed by atoms with E-state index in [1.165, 1.54) is 0 Å². The van der Waals surface area contributed by atoms with Gasteiger partial charge in [0.25, 0.3) is 0 Å². The molecule has 0 aromatic carbocycles. The summed E-state index contributed by atoms with van der Waals surface area (Å²) in [5.74, 6) is 0. The molecule has 0 aliphatic carbocycles. The molecule has 0 radical (unpaired) electrons. The fourth-order valence-electron chi connectivity index (χ4n) is 1.57. The van der Waals surface area contributed by atoms with Crippen molar-refractivity contribution in [1.29, 1.82) is 0 Å². The highest BCUT2D eigenvalue weighted by Gasteiger charge is 2.37. The highest BCUT2D eigenvalue weighted by Crippen LogP contribution is 2.66. The van der Waals surface area contributed by atoms with Crippen molar-refractivity contribution in [3.63, 3.8) is 0 Å². The van der Waals surface area contributed by atoms with Crippen LogP contribution in [0.25, 0.3) is 0 Å². The molecule has 152 valence electrons. The molecule has 6 nitrogen and oxygen atoms in total. The van der Waals surface area contributed by atoms with Crippen LogP contribution in [0.5, 0.6) is 0 Å². The van der Waals surface area contributed by atoms with Gasteiger partial charge in [0.05, 0.1) is 26.4 Å². The molecule has 0 aliphatic heterocycles. The van der Waals surface area contributed by atoms with E-state index >= 15 is 0 Å². The van der Waals surface area contributed by atoms with Gasteiger partial charge in [0, 0.05) is 0 Å². The second kappa shape index (κ2) is 15.7. The predicted molar refractivity (Wildman–Crippen MR) is 106 cm³/mol. The number of hydrogen-bond acceptors (Lipinski definition) is 7. The van der Waals surface area contributed by atoms with Gasteiger partial charge in [-0.2, -0.15) is 0 Å². The van der Waals surface area contributed by atoms with Gasteiger partial charge in [0.1, 0.15) is 0 Å². The number of rotatable bonds is 18. The van der Waals surface area contributed by atoms with Crippen molar-refractivity contribution in [2.24, 2.45) is 0 Å². The average Bonchev–Trinajstić information content (AvgIpc) is 2.56. The first-order valence-electron chi connectivity index (χ1n) is 9.44. The molecule has 0 fully saturated rings. The van der Waals surface area contributed by atoms with Crippen LogP contribution in [0.3, 0.4) is 0 Å². The van der Waals surface area contributed by atoms with Crippen molar-refractivity contribution in [1.82, 2.24) is 0 Å². The number of phosphoric acid groups is 1. The molecule has 0 rings (SSSR count). The number of phosphoric ester groups is 1. The fourth-order valence-corrected chi connectivity index (χ4v) is 6.05. The first kappa shape index (κ1) is 25.7. The lowest BCUT2D eigenvalue weighted by Gasteiger charge is -2.26. The lowest BCUT2D eigenvalue weighted by atomic mass is 10.4. The third-order valence-electron chi connectivity index (χ3n) is 3.19. The summed E-state index contributed by atoms with van der Waals surface area (Å²) >= 11 is 5.45. The number of unbranched alkanes of at least 4 members (excludes halogenated alkanes) is 4. The van der Waals surface area contributed by atoms with Crippen LogP contribution in [0, 0.1) is 0 Å². The summed E-state index contributed by atoms with van der Waals surface area (Å²) in [6, 6.07) is 0. The normalized spacial score (nSPS) is 12.6. The van der Waals surface area contributed by atoms with Gasteiger partial charge < -0.3 is 9.05 Å². The second-order valence-corrected chi connectivity index (χ2v) is 10.5. The van der Waals surface area contributed by atoms with Gasteiger partial charge in [-0.1, -0.05) is 53.4 Å². The molecule has 0 bridgehead atoms. The average molecular weight is 418 g/mol. The molecule has 0 unspecified atom stereocenters. The van der Waals surface area contributed by atoms with E-state index in [1.807, 2.05) is 13.8 Å². The van der Waals surface area contributed by atoms with E-state index < -0.39 is 14.5 Å². The van der Waals surface area contributed by atoms with Crippen molar-refractivity contribution in [3.8, 4) is 0 Å². The van der Waals surface area contributed by atoms with Crippen LogP contribution in [-0.2, 0) is 38.8 Å². The molecule has 0 aliphatic rings. The van der Waals surface area contributed by atoms with Crippen molar-refractivity contribution in [2.75, 3.05) is 26.4 Å². The summed E-state index contributed by atoms with van der Waals surface area (Å²) in [6.07, 6.45) is 6.95. The number of hydrogen-bond donors (Lipinski definition) is 0. The van der Waals surface area contributed by atoms with E-state index in [0.29, 0.717) is 26.4 Å². The zero-order valence-corrected chi connectivity index (χ0v) is 18.8. The maximum atomic E-state index is 13.0. The monoisotopic (exact) mass is 418 g/mol. The minimum atomic E-state index is -3.80. The maximum absolute atomic E-state index is 13.0. The van der Waals surface area contributed by atoms with Gasteiger partial charge in [-0.3, -0.25) is 9.05 Å². The third kappa shape index (κ3) is 13.5. The molecule has 0 atom stereocenters. The molecule has 0 aromatic rings. The lowest BCUT2D eigenvalue weighted by Crippen LogP contribution is -2.06. The summed E-state index contributed by atoms with van der Waals surface area (Å²) < 4.78 is 40.8. The van der Waals surface area contributed by atoms with E-state index in [1.54, 1.807) is 0 Å². The summed E-state index contributed by atoms with van der Waals surface area (Å²) in [5.41, 5.74) is 0. The Balaban J connectivity index is 4.97. The van der Waals surface area contributed by atoms with Gasteiger partial charge >= 0.3 is 14.5 Å². The Morgan fingerprint density at radius 2 is 0.960 bits per heavy atom. The molecular weight excluding hydrogens is 382 g/mol. The topological polar surface area (TPSA) is 63.2 Å². The predicted octanol–water partition coefficient (Wildman–Crippen LogP) is 6.60. The minimum Gasteiger partial charge on any atom is -0.308 e. The van der Waals surface area contributed by atoms with E-state index in [4.69, 9.17) is 34.2 Å². The van der Waals surface area contributed by atoms with Gasteiger partial charge in [0.2, 0.25) is 0 Å². The molecule has 0 saturated carbocycles.